The molecule has 2 N–H and O–H groups in total. The van der Waals surface area contributed by atoms with E-state index in [-0.39, 0.29) is 18.7 Å². The minimum Gasteiger partial charge on any atom is -0.318 e. The maximum atomic E-state index is 12.5. The van der Waals surface area contributed by atoms with Gasteiger partial charge in [-0.05, 0) is 25.6 Å². The molecule has 1 unspecified atom stereocenters. The van der Waals surface area contributed by atoms with Gasteiger partial charge in [0.2, 0.25) is 10.0 Å². The first-order chi connectivity index (χ1) is 9.16. The van der Waals surface area contributed by atoms with Crippen molar-refractivity contribution in [2.24, 2.45) is 0 Å². The first-order valence-corrected chi connectivity index (χ1v) is 7.50. The standard InChI is InChI=1S/C12H17F3N2O2S/c1-9(7-16-2)20(18,19)17-8-10-4-3-5-11(6-10)12(13,14)15/h3-6,9,16-17H,7-8H2,1-2H3. The summed E-state index contributed by atoms with van der Waals surface area (Å²) in [5.74, 6) is 0. The zero-order chi connectivity index (χ0) is 15.4. The predicted octanol–water partition coefficient (Wildman–Crippen LogP) is 1.73. The molecule has 114 valence electrons. The molecule has 4 nitrogen and oxygen atoms in total. The van der Waals surface area contributed by atoms with E-state index in [9.17, 15) is 21.6 Å². The molecular formula is C12H17F3N2O2S. The first-order valence-electron chi connectivity index (χ1n) is 5.96. The van der Waals surface area contributed by atoms with Gasteiger partial charge < -0.3 is 5.32 Å². The highest BCUT2D eigenvalue weighted by Gasteiger charge is 2.30. The van der Waals surface area contributed by atoms with Gasteiger partial charge in [-0.3, -0.25) is 0 Å². The SMILES string of the molecule is CNCC(C)S(=O)(=O)NCc1cccc(C(F)(F)F)c1. The van der Waals surface area contributed by atoms with Crippen molar-refractivity contribution in [1.29, 1.82) is 0 Å². The maximum Gasteiger partial charge on any atom is 0.416 e. The summed E-state index contributed by atoms with van der Waals surface area (Å²) < 4.78 is 63.5. The van der Waals surface area contributed by atoms with Gasteiger partial charge in [-0.15, -0.1) is 0 Å². The van der Waals surface area contributed by atoms with Gasteiger partial charge in [-0.2, -0.15) is 13.2 Å². The van der Waals surface area contributed by atoms with Crippen molar-refractivity contribution < 1.29 is 21.6 Å². The Kier molecular flexibility index (Phi) is 5.55. The van der Waals surface area contributed by atoms with Gasteiger partial charge in [0, 0.05) is 13.1 Å². The van der Waals surface area contributed by atoms with Gasteiger partial charge in [-0.1, -0.05) is 18.2 Å². The number of hydrogen-bond acceptors (Lipinski definition) is 3. The molecular weight excluding hydrogens is 293 g/mol. The molecule has 0 saturated heterocycles. The lowest BCUT2D eigenvalue weighted by atomic mass is 10.1. The van der Waals surface area contributed by atoms with E-state index in [4.69, 9.17) is 0 Å². The van der Waals surface area contributed by atoms with E-state index in [1.54, 1.807) is 7.05 Å². The summed E-state index contributed by atoms with van der Waals surface area (Å²) in [4.78, 5) is 0. The summed E-state index contributed by atoms with van der Waals surface area (Å²) in [6, 6.07) is 4.58. The molecule has 0 saturated carbocycles. The Labute approximate surface area is 116 Å². The van der Waals surface area contributed by atoms with Gasteiger partial charge in [0.1, 0.15) is 0 Å². The topological polar surface area (TPSA) is 58.2 Å². The molecule has 0 bridgehead atoms. The third kappa shape index (κ3) is 4.77. The predicted molar refractivity (Wildman–Crippen MR) is 70.6 cm³/mol. The lowest BCUT2D eigenvalue weighted by Crippen LogP contribution is -2.37. The Morgan fingerprint density at radius 2 is 1.95 bits per heavy atom. The molecule has 0 spiro atoms. The van der Waals surface area contributed by atoms with Crippen molar-refractivity contribution in [1.82, 2.24) is 10.0 Å². The van der Waals surface area contributed by atoms with Crippen LogP contribution in [-0.2, 0) is 22.7 Å². The molecule has 0 aliphatic heterocycles. The maximum absolute atomic E-state index is 12.5. The summed E-state index contributed by atoms with van der Waals surface area (Å²) in [7, 11) is -1.94. The van der Waals surface area contributed by atoms with Crippen LogP contribution in [0.3, 0.4) is 0 Å². The Balaban J connectivity index is 2.76. The van der Waals surface area contributed by atoms with Gasteiger partial charge >= 0.3 is 6.18 Å². The van der Waals surface area contributed by atoms with E-state index < -0.39 is 27.0 Å². The fourth-order valence-electron chi connectivity index (χ4n) is 1.58. The van der Waals surface area contributed by atoms with E-state index in [2.05, 4.69) is 10.0 Å². The number of benzene rings is 1. The molecule has 0 radical (unpaired) electrons. The van der Waals surface area contributed by atoms with Gasteiger partial charge in [-0.25, -0.2) is 13.1 Å². The fourth-order valence-corrected chi connectivity index (χ4v) is 2.62. The minimum atomic E-state index is -4.44. The summed E-state index contributed by atoms with van der Waals surface area (Å²) in [6.07, 6.45) is -4.44. The van der Waals surface area contributed by atoms with Crippen molar-refractivity contribution in [3.05, 3.63) is 35.4 Å². The van der Waals surface area contributed by atoms with E-state index in [0.717, 1.165) is 12.1 Å². The van der Waals surface area contributed by atoms with Crippen LogP contribution in [0.15, 0.2) is 24.3 Å². The Bertz CT molecular complexity index is 544. The summed E-state index contributed by atoms with van der Waals surface area (Å²) >= 11 is 0. The average molecular weight is 310 g/mol. The molecule has 0 heterocycles. The second-order valence-electron chi connectivity index (χ2n) is 4.43. The van der Waals surface area contributed by atoms with Crippen LogP contribution in [0.1, 0.15) is 18.1 Å². The van der Waals surface area contributed by atoms with Gasteiger partial charge in [0.05, 0.1) is 10.8 Å². The van der Waals surface area contributed by atoms with Crippen LogP contribution in [0.4, 0.5) is 13.2 Å². The molecule has 1 atom stereocenters. The summed E-state index contributed by atoms with van der Waals surface area (Å²) in [5.41, 5.74) is -0.530. The first kappa shape index (κ1) is 16.9. The van der Waals surface area contributed by atoms with Crippen LogP contribution in [-0.4, -0.2) is 27.3 Å². The minimum absolute atomic E-state index is 0.166. The smallest absolute Gasteiger partial charge is 0.318 e. The number of alkyl halides is 3. The number of nitrogens with one attached hydrogen (secondary N) is 2. The zero-order valence-electron chi connectivity index (χ0n) is 11.2. The number of halogens is 3. The monoisotopic (exact) mass is 310 g/mol. The second kappa shape index (κ2) is 6.55. The molecule has 1 aromatic rings. The highest BCUT2D eigenvalue weighted by molar-refractivity contribution is 7.90. The molecule has 0 fully saturated rings. The second-order valence-corrected chi connectivity index (χ2v) is 6.62. The van der Waals surface area contributed by atoms with Crippen LogP contribution in [0.25, 0.3) is 0 Å². The van der Waals surface area contributed by atoms with Crippen molar-refractivity contribution in [3.63, 3.8) is 0 Å². The molecule has 0 amide bonds. The van der Waals surface area contributed by atoms with Crippen molar-refractivity contribution in [2.45, 2.75) is 24.9 Å². The van der Waals surface area contributed by atoms with E-state index in [0.29, 0.717) is 0 Å². The van der Waals surface area contributed by atoms with E-state index in [1.807, 2.05) is 0 Å². The lowest BCUT2D eigenvalue weighted by molar-refractivity contribution is -0.137. The molecule has 1 aromatic carbocycles. The normalized spacial score (nSPS) is 14.2. The van der Waals surface area contributed by atoms with Gasteiger partial charge in [0.15, 0.2) is 0 Å². The highest BCUT2D eigenvalue weighted by atomic mass is 32.2. The molecule has 1 rings (SSSR count). The number of hydrogen-bond donors (Lipinski definition) is 2. The summed E-state index contributed by atoms with van der Waals surface area (Å²) in [5, 5.41) is 2.06. The van der Waals surface area contributed by atoms with Gasteiger partial charge in [0.25, 0.3) is 0 Å². The fraction of sp³-hybridized carbons (Fsp3) is 0.500. The third-order valence-electron chi connectivity index (χ3n) is 2.75. The molecule has 0 aliphatic carbocycles. The Hall–Kier alpha value is -1.12. The van der Waals surface area contributed by atoms with Crippen LogP contribution in [0.2, 0.25) is 0 Å². The molecule has 8 heteroatoms. The Morgan fingerprint density at radius 1 is 1.30 bits per heavy atom. The molecule has 0 aromatic heterocycles. The number of sulfonamides is 1. The lowest BCUT2D eigenvalue weighted by Gasteiger charge is -2.14. The number of rotatable bonds is 6. The van der Waals surface area contributed by atoms with Crippen molar-refractivity contribution in [3.8, 4) is 0 Å². The van der Waals surface area contributed by atoms with Crippen molar-refractivity contribution in [2.75, 3.05) is 13.6 Å². The third-order valence-corrected chi connectivity index (χ3v) is 4.53. The van der Waals surface area contributed by atoms with Crippen LogP contribution < -0.4 is 10.0 Å². The van der Waals surface area contributed by atoms with E-state index >= 15 is 0 Å². The average Bonchev–Trinajstić information content (AvgIpc) is 2.36. The molecule has 0 aliphatic rings. The zero-order valence-corrected chi connectivity index (χ0v) is 12.0. The van der Waals surface area contributed by atoms with Crippen LogP contribution >= 0.6 is 0 Å². The quantitative estimate of drug-likeness (QED) is 0.841. The van der Waals surface area contributed by atoms with Crippen molar-refractivity contribution >= 4 is 10.0 Å². The van der Waals surface area contributed by atoms with Crippen LogP contribution in [0.5, 0.6) is 0 Å². The largest absolute Gasteiger partial charge is 0.416 e. The highest BCUT2D eigenvalue weighted by Crippen LogP contribution is 2.29. The summed E-state index contributed by atoms with van der Waals surface area (Å²) in [6.45, 7) is 1.61. The Morgan fingerprint density at radius 3 is 2.50 bits per heavy atom. The van der Waals surface area contributed by atoms with E-state index in [1.165, 1.54) is 19.1 Å². The molecule has 20 heavy (non-hydrogen) atoms. The van der Waals surface area contributed by atoms with Crippen LogP contribution in [0, 0.1) is 0 Å².